The Balaban J connectivity index is 1.67. The molecule has 0 spiro atoms. The highest BCUT2D eigenvalue weighted by molar-refractivity contribution is 5.83. The minimum Gasteiger partial charge on any atom is -0.399 e. The Kier molecular flexibility index (Phi) is 4.78. The van der Waals surface area contributed by atoms with Crippen molar-refractivity contribution in [1.29, 1.82) is 0 Å². The Bertz CT molecular complexity index is 468. The molecule has 7 heteroatoms. The molecule has 1 aliphatic rings. The molecule has 1 aromatic carbocycles. The number of anilines is 1. The second-order valence-electron chi connectivity index (χ2n) is 4.58. The molecule has 1 fully saturated rings. The van der Waals surface area contributed by atoms with Gasteiger partial charge in [-0.05, 0) is 24.1 Å². The van der Waals surface area contributed by atoms with E-state index in [2.05, 4.69) is 16.1 Å². The highest BCUT2D eigenvalue weighted by atomic mass is 16.2. The monoisotopic (exact) mass is 277 g/mol. The fourth-order valence-corrected chi connectivity index (χ4v) is 1.87. The maximum absolute atomic E-state index is 11.7. The number of carbonyl (C=O) groups excluding carboxylic acids is 2. The van der Waals surface area contributed by atoms with E-state index in [0.717, 1.165) is 18.5 Å². The zero-order chi connectivity index (χ0) is 14.4. The van der Waals surface area contributed by atoms with E-state index in [1.165, 1.54) is 5.01 Å². The third kappa shape index (κ3) is 4.13. The van der Waals surface area contributed by atoms with Crippen molar-refractivity contribution in [2.24, 2.45) is 0 Å². The van der Waals surface area contributed by atoms with Crippen LogP contribution in [0.1, 0.15) is 12.0 Å². The fourth-order valence-electron chi connectivity index (χ4n) is 1.87. The van der Waals surface area contributed by atoms with Gasteiger partial charge in [0.05, 0.1) is 6.54 Å². The number of nitrogen functional groups attached to an aromatic ring is 1. The first kappa shape index (κ1) is 14.1. The Labute approximate surface area is 117 Å². The molecule has 0 radical (unpaired) electrons. The first-order valence-electron chi connectivity index (χ1n) is 6.55. The Morgan fingerprint density at radius 3 is 2.65 bits per heavy atom. The molecule has 0 saturated carbocycles. The van der Waals surface area contributed by atoms with Crippen LogP contribution in [0.25, 0.3) is 0 Å². The van der Waals surface area contributed by atoms with E-state index in [0.29, 0.717) is 18.8 Å². The predicted octanol–water partition coefficient (Wildman–Crippen LogP) is -0.195. The first-order chi connectivity index (χ1) is 9.65. The van der Waals surface area contributed by atoms with Gasteiger partial charge in [0.15, 0.2) is 0 Å². The number of hydrogen-bond donors (Lipinski definition) is 4. The van der Waals surface area contributed by atoms with Crippen LogP contribution in [0.3, 0.4) is 0 Å². The lowest BCUT2D eigenvalue weighted by molar-refractivity contribution is -0.131. The van der Waals surface area contributed by atoms with Crippen molar-refractivity contribution in [3.63, 3.8) is 0 Å². The number of nitrogens with one attached hydrogen (secondary N) is 3. The molecule has 1 saturated heterocycles. The molecule has 1 aliphatic heterocycles. The van der Waals surface area contributed by atoms with Gasteiger partial charge in [0.25, 0.3) is 5.91 Å². The van der Waals surface area contributed by atoms with Crippen molar-refractivity contribution in [3.05, 3.63) is 29.8 Å². The van der Waals surface area contributed by atoms with E-state index in [-0.39, 0.29) is 18.5 Å². The number of carbonyl (C=O) groups is 2. The predicted molar refractivity (Wildman–Crippen MR) is 75.4 cm³/mol. The van der Waals surface area contributed by atoms with Crippen LogP contribution in [0, 0.1) is 0 Å². The molecule has 0 aliphatic carbocycles. The minimum absolute atomic E-state index is 0.0133. The summed E-state index contributed by atoms with van der Waals surface area (Å²) in [7, 11) is 0. The minimum atomic E-state index is -0.366. The van der Waals surface area contributed by atoms with Crippen LogP contribution >= 0.6 is 0 Å². The number of nitrogens with two attached hydrogens (primary N) is 1. The molecule has 0 aromatic heterocycles. The third-order valence-electron chi connectivity index (χ3n) is 3.00. The van der Waals surface area contributed by atoms with Gasteiger partial charge in [0.2, 0.25) is 0 Å². The standard InChI is InChI=1S/C13H19N5O2/c14-11-4-2-10(3-5-11)8-15-13(20)16-9-12(19)18-7-1-6-17-18/h2-5,17H,1,6-9,14H2,(H2,15,16,20). The third-order valence-corrected chi connectivity index (χ3v) is 3.00. The van der Waals surface area contributed by atoms with Crippen molar-refractivity contribution >= 4 is 17.6 Å². The fraction of sp³-hybridized carbons (Fsp3) is 0.385. The number of urea groups is 1. The second kappa shape index (κ2) is 6.76. The molecular weight excluding hydrogens is 258 g/mol. The lowest BCUT2D eigenvalue weighted by Gasteiger charge is -2.15. The Morgan fingerprint density at radius 2 is 2.00 bits per heavy atom. The average Bonchev–Trinajstić information content (AvgIpc) is 2.98. The van der Waals surface area contributed by atoms with Crippen LogP contribution in [0.5, 0.6) is 0 Å². The number of nitrogens with zero attached hydrogens (tertiary/aromatic N) is 1. The van der Waals surface area contributed by atoms with Crippen molar-refractivity contribution in [2.75, 3.05) is 25.4 Å². The summed E-state index contributed by atoms with van der Waals surface area (Å²) in [6, 6.07) is 6.87. The van der Waals surface area contributed by atoms with Gasteiger partial charge >= 0.3 is 6.03 Å². The quantitative estimate of drug-likeness (QED) is 0.573. The zero-order valence-corrected chi connectivity index (χ0v) is 11.2. The molecular formula is C13H19N5O2. The molecule has 0 atom stereocenters. The summed E-state index contributed by atoms with van der Waals surface area (Å²) in [5.41, 5.74) is 10.1. The SMILES string of the molecule is Nc1ccc(CNC(=O)NCC(=O)N2CCCN2)cc1. The molecule has 3 amide bonds. The molecule has 1 heterocycles. The lowest BCUT2D eigenvalue weighted by atomic mass is 10.2. The largest absolute Gasteiger partial charge is 0.399 e. The maximum Gasteiger partial charge on any atom is 0.315 e. The van der Waals surface area contributed by atoms with E-state index in [1.807, 2.05) is 12.1 Å². The van der Waals surface area contributed by atoms with Crippen LogP contribution in [-0.2, 0) is 11.3 Å². The summed E-state index contributed by atoms with van der Waals surface area (Å²) >= 11 is 0. The number of amides is 3. The van der Waals surface area contributed by atoms with Crippen LogP contribution in [0.15, 0.2) is 24.3 Å². The molecule has 108 valence electrons. The molecule has 1 aromatic rings. The van der Waals surface area contributed by atoms with E-state index < -0.39 is 0 Å². The van der Waals surface area contributed by atoms with Crippen LogP contribution in [0.4, 0.5) is 10.5 Å². The number of benzene rings is 1. The summed E-state index contributed by atoms with van der Waals surface area (Å²) in [6.45, 7) is 1.87. The van der Waals surface area contributed by atoms with Crippen LogP contribution in [-0.4, -0.2) is 36.6 Å². The Hall–Kier alpha value is -2.28. The van der Waals surface area contributed by atoms with Gasteiger partial charge in [0.1, 0.15) is 0 Å². The van der Waals surface area contributed by atoms with Crippen LogP contribution < -0.4 is 21.8 Å². The molecule has 7 nitrogen and oxygen atoms in total. The number of hydrazine groups is 1. The molecule has 0 bridgehead atoms. The normalized spacial score (nSPS) is 14.1. The first-order valence-corrected chi connectivity index (χ1v) is 6.55. The smallest absolute Gasteiger partial charge is 0.315 e. The summed E-state index contributed by atoms with van der Waals surface area (Å²) in [6.07, 6.45) is 0.940. The van der Waals surface area contributed by atoms with Crippen molar-refractivity contribution < 1.29 is 9.59 Å². The van der Waals surface area contributed by atoms with Gasteiger partial charge in [-0.2, -0.15) is 0 Å². The molecule has 20 heavy (non-hydrogen) atoms. The molecule has 5 N–H and O–H groups in total. The summed E-state index contributed by atoms with van der Waals surface area (Å²) < 4.78 is 0. The topological polar surface area (TPSA) is 99.5 Å². The van der Waals surface area contributed by atoms with E-state index >= 15 is 0 Å². The van der Waals surface area contributed by atoms with Crippen molar-refractivity contribution in [1.82, 2.24) is 21.1 Å². The van der Waals surface area contributed by atoms with Crippen molar-refractivity contribution in [2.45, 2.75) is 13.0 Å². The van der Waals surface area contributed by atoms with Crippen LogP contribution in [0.2, 0.25) is 0 Å². The summed E-state index contributed by atoms with van der Waals surface area (Å²) in [5, 5.41) is 6.75. The van der Waals surface area contributed by atoms with E-state index in [1.54, 1.807) is 12.1 Å². The van der Waals surface area contributed by atoms with Crippen molar-refractivity contribution in [3.8, 4) is 0 Å². The van der Waals surface area contributed by atoms with E-state index in [4.69, 9.17) is 5.73 Å². The van der Waals surface area contributed by atoms with E-state index in [9.17, 15) is 9.59 Å². The highest BCUT2D eigenvalue weighted by Crippen LogP contribution is 2.04. The van der Waals surface area contributed by atoms with Gasteiger partial charge in [-0.1, -0.05) is 12.1 Å². The van der Waals surface area contributed by atoms with Gasteiger partial charge in [-0.15, -0.1) is 0 Å². The van der Waals surface area contributed by atoms with Gasteiger partial charge in [-0.3, -0.25) is 9.80 Å². The maximum atomic E-state index is 11.7. The average molecular weight is 277 g/mol. The summed E-state index contributed by atoms with van der Waals surface area (Å²) in [4.78, 5) is 23.2. The summed E-state index contributed by atoms with van der Waals surface area (Å²) in [5.74, 6) is -0.134. The Morgan fingerprint density at radius 1 is 1.25 bits per heavy atom. The molecule has 2 rings (SSSR count). The number of hydrogen-bond acceptors (Lipinski definition) is 4. The zero-order valence-electron chi connectivity index (χ0n) is 11.2. The van der Waals surface area contributed by atoms with Gasteiger partial charge in [-0.25, -0.2) is 10.2 Å². The lowest BCUT2D eigenvalue weighted by Crippen LogP contribution is -2.45. The highest BCUT2D eigenvalue weighted by Gasteiger charge is 2.17. The molecule has 0 unspecified atom stereocenters. The van der Waals surface area contributed by atoms with Gasteiger partial charge < -0.3 is 16.4 Å². The second-order valence-corrected chi connectivity index (χ2v) is 4.58. The van der Waals surface area contributed by atoms with Gasteiger partial charge in [0, 0.05) is 25.3 Å². The number of rotatable bonds is 4.